The van der Waals surface area contributed by atoms with Crippen LogP contribution < -0.4 is 0 Å². The zero-order chi connectivity index (χ0) is 18.3. The number of nitrogens with zero attached hydrogens (tertiary/aromatic N) is 4. The van der Waals surface area contributed by atoms with Crippen LogP contribution in [-0.2, 0) is 12.8 Å². The summed E-state index contributed by atoms with van der Waals surface area (Å²) in [6, 6.07) is 8.71. The molecule has 0 spiro atoms. The molecule has 1 atom stereocenters. The van der Waals surface area contributed by atoms with Crippen molar-refractivity contribution >= 4 is 5.91 Å². The van der Waals surface area contributed by atoms with Crippen LogP contribution in [0.15, 0.2) is 24.3 Å². The molecule has 1 aliphatic carbocycles. The number of hydrogen-bond acceptors (Lipinski definition) is 3. The van der Waals surface area contributed by atoms with E-state index in [1.54, 1.807) is 0 Å². The van der Waals surface area contributed by atoms with Crippen molar-refractivity contribution in [2.24, 2.45) is 0 Å². The first-order valence-electron chi connectivity index (χ1n) is 9.68. The number of carbonyl (C=O) groups is 1. The Kier molecular flexibility index (Phi) is 4.57. The smallest absolute Gasteiger partial charge is 0.274 e. The third-order valence-electron chi connectivity index (χ3n) is 5.63. The van der Waals surface area contributed by atoms with E-state index in [0.29, 0.717) is 11.7 Å². The van der Waals surface area contributed by atoms with Crippen molar-refractivity contribution in [3.8, 4) is 5.69 Å². The van der Waals surface area contributed by atoms with E-state index in [1.165, 1.54) is 16.8 Å². The van der Waals surface area contributed by atoms with Gasteiger partial charge in [-0.2, -0.15) is 5.10 Å². The van der Waals surface area contributed by atoms with Gasteiger partial charge in [0.2, 0.25) is 0 Å². The lowest BCUT2D eigenvalue weighted by Gasteiger charge is -2.26. The summed E-state index contributed by atoms with van der Waals surface area (Å²) in [6.45, 7) is 3.86. The summed E-state index contributed by atoms with van der Waals surface area (Å²) in [5, 5.41) is 4.80. The van der Waals surface area contributed by atoms with Gasteiger partial charge < -0.3 is 9.80 Å². The lowest BCUT2D eigenvalue weighted by atomic mass is 10.1. The summed E-state index contributed by atoms with van der Waals surface area (Å²) < 4.78 is 2.01. The minimum Gasteiger partial charge on any atom is -0.333 e. The van der Waals surface area contributed by atoms with Gasteiger partial charge in [-0.1, -0.05) is 17.7 Å². The highest BCUT2D eigenvalue weighted by molar-refractivity contribution is 5.94. The van der Waals surface area contributed by atoms with Gasteiger partial charge in [-0.05, 0) is 65.3 Å². The van der Waals surface area contributed by atoms with Gasteiger partial charge in [0.15, 0.2) is 5.69 Å². The van der Waals surface area contributed by atoms with E-state index in [4.69, 9.17) is 5.10 Å². The zero-order valence-corrected chi connectivity index (χ0v) is 16.0. The first kappa shape index (κ1) is 17.3. The summed E-state index contributed by atoms with van der Waals surface area (Å²) in [4.78, 5) is 17.6. The number of benzene rings is 1. The van der Waals surface area contributed by atoms with Gasteiger partial charge in [-0.25, -0.2) is 4.68 Å². The van der Waals surface area contributed by atoms with E-state index >= 15 is 0 Å². The predicted octanol–water partition coefficient (Wildman–Crippen LogP) is 2.84. The molecule has 1 amide bonds. The van der Waals surface area contributed by atoms with Gasteiger partial charge in [0.05, 0.1) is 5.69 Å². The summed E-state index contributed by atoms with van der Waals surface area (Å²) in [5.41, 5.74) is 5.37. The number of hydrogen-bond donors (Lipinski definition) is 0. The van der Waals surface area contributed by atoms with Crippen molar-refractivity contribution in [1.82, 2.24) is 19.6 Å². The van der Waals surface area contributed by atoms with Crippen LogP contribution in [-0.4, -0.2) is 58.7 Å². The molecule has 4 rings (SSSR count). The number of fused-ring (bicyclic) bond motifs is 1. The van der Waals surface area contributed by atoms with Gasteiger partial charge in [-0.3, -0.25) is 4.79 Å². The summed E-state index contributed by atoms with van der Waals surface area (Å²) in [6.07, 6.45) is 5.26. The van der Waals surface area contributed by atoms with Crippen molar-refractivity contribution in [3.63, 3.8) is 0 Å². The summed E-state index contributed by atoms with van der Waals surface area (Å²) in [7, 11) is 4.15. The zero-order valence-electron chi connectivity index (χ0n) is 16.0. The van der Waals surface area contributed by atoms with E-state index in [0.717, 1.165) is 50.9 Å². The molecular weight excluding hydrogens is 324 g/mol. The van der Waals surface area contributed by atoms with Crippen LogP contribution in [0.3, 0.4) is 0 Å². The van der Waals surface area contributed by atoms with Gasteiger partial charge >= 0.3 is 0 Å². The number of rotatable bonds is 4. The van der Waals surface area contributed by atoms with E-state index in [9.17, 15) is 4.79 Å². The van der Waals surface area contributed by atoms with E-state index in [2.05, 4.69) is 55.1 Å². The highest BCUT2D eigenvalue weighted by atomic mass is 16.2. The highest BCUT2D eigenvalue weighted by Crippen LogP contribution is 2.30. The Morgan fingerprint density at radius 3 is 2.69 bits per heavy atom. The minimum atomic E-state index is 0.123. The second-order valence-electron chi connectivity index (χ2n) is 7.93. The SMILES string of the molecule is Cc1ccc(-n2nc(C(=O)N3CCC[C@H]3CN(C)C)c3c2CCC3)cc1. The minimum absolute atomic E-state index is 0.123. The number of likely N-dealkylation sites (tertiary alicyclic amines) is 1. The molecule has 1 aromatic carbocycles. The van der Waals surface area contributed by atoms with Crippen LogP contribution >= 0.6 is 0 Å². The molecule has 1 saturated heterocycles. The second-order valence-corrected chi connectivity index (χ2v) is 7.93. The van der Waals surface area contributed by atoms with Crippen molar-refractivity contribution in [3.05, 3.63) is 46.8 Å². The molecule has 0 radical (unpaired) electrons. The van der Waals surface area contributed by atoms with Crippen LogP contribution in [0.1, 0.15) is 46.6 Å². The summed E-state index contributed by atoms with van der Waals surface area (Å²) in [5.74, 6) is 0.123. The average molecular weight is 352 g/mol. The molecule has 1 aliphatic heterocycles. The van der Waals surface area contributed by atoms with Crippen LogP contribution in [0.25, 0.3) is 5.69 Å². The van der Waals surface area contributed by atoms with E-state index < -0.39 is 0 Å². The number of aromatic nitrogens is 2. The lowest BCUT2D eigenvalue weighted by Crippen LogP contribution is -2.41. The lowest BCUT2D eigenvalue weighted by molar-refractivity contribution is 0.0709. The van der Waals surface area contributed by atoms with Crippen molar-refractivity contribution < 1.29 is 4.79 Å². The molecule has 2 aliphatic rings. The second kappa shape index (κ2) is 6.88. The van der Waals surface area contributed by atoms with Crippen LogP contribution in [0, 0.1) is 6.92 Å². The fourth-order valence-corrected chi connectivity index (χ4v) is 4.36. The number of carbonyl (C=O) groups excluding carboxylic acids is 1. The molecular formula is C21H28N4O. The molecule has 26 heavy (non-hydrogen) atoms. The fourth-order valence-electron chi connectivity index (χ4n) is 4.36. The summed E-state index contributed by atoms with van der Waals surface area (Å²) >= 11 is 0. The normalized spacial score (nSPS) is 19.4. The first-order valence-corrected chi connectivity index (χ1v) is 9.68. The molecule has 0 saturated carbocycles. The maximum atomic E-state index is 13.3. The Hall–Kier alpha value is -2.14. The molecule has 138 valence electrons. The fraction of sp³-hybridized carbons (Fsp3) is 0.524. The molecule has 0 bridgehead atoms. The largest absolute Gasteiger partial charge is 0.333 e. The molecule has 0 unspecified atom stereocenters. The Balaban J connectivity index is 1.68. The Morgan fingerprint density at radius 1 is 1.19 bits per heavy atom. The monoisotopic (exact) mass is 352 g/mol. The molecule has 2 aromatic rings. The van der Waals surface area contributed by atoms with Crippen molar-refractivity contribution in [2.75, 3.05) is 27.2 Å². The van der Waals surface area contributed by atoms with Crippen molar-refractivity contribution in [2.45, 2.75) is 45.1 Å². The molecule has 2 heterocycles. The van der Waals surface area contributed by atoms with Crippen LogP contribution in [0.4, 0.5) is 0 Å². The van der Waals surface area contributed by atoms with Gasteiger partial charge in [0.1, 0.15) is 0 Å². The van der Waals surface area contributed by atoms with E-state index in [1.807, 2.05) is 4.68 Å². The standard InChI is InChI=1S/C21H28N4O/c1-15-9-11-16(12-10-15)25-19-8-4-7-18(19)20(22-25)21(26)24-13-5-6-17(24)14-23(2)3/h9-12,17H,4-8,13-14H2,1-3H3/t17-/m0/s1. The maximum Gasteiger partial charge on any atom is 0.274 e. The first-order chi connectivity index (χ1) is 12.5. The van der Waals surface area contributed by atoms with E-state index in [-0.39, 0.29) is 5.91 Å². The van der Waals surface area contributed by atoms with Crippen molar-refractivity contribution in [1.29, 1.82) is 0 Å². The van der Waals surface area contributed by atoms with Gasteiger partial charge in [-0.15, -0.1) is 0 Å². The number of likely N-dealkylation sites (N-methyl/N-ethyl adjacent to an activating group) is 1. The number of amides is 1. The topological polar surface area (TPSA) is 41.4 Å². The Morgan fingerprint density at radius 2 is 1.96 bits per heavy atom. The van der Waals surface area contributed by atoms with Gasteiger partial charge in [0.25, 0.3) is 5.91 Å². The Bertz CT molecular complexity index is 806. The molecule has 1 fully saturated rings. The van der Waals surface area contributed by atoms with Crippen LogP contribution in [0.5, 0.6) is 0 Å². The molecule has 0 N–H and O–H groups in total. The average Bonchev–Trinajstić information content (AvgIpc) is 3.30. The maximum absolute atomic E-state index is 13.3. The number of aryl methyl sites for hydroxylation is 1. The predicted molar refractivity (Wildman–Crippen MR) is 103 cm³/mol. The third-order valence-corrected chi connectivity index (χ3v) is 5.63. The molecule has 1 aromatic heterocycles. The Labute approximate surface area is 155 Å². The molecule has 5 nitrogen and oxygen atoms in total. The third kappa shape index (κ3) is 3.05. The van der Waals surface area contributed by atoms with Crippen LogP contribution in [0.2, 0.25) is 0 Å². The highest BCUT2D eigenvalue weighted by Gasteiger charge is 2.34. The van der Waals surface area contributed by atoms with Gasteiger partial charge in [0, 0.05) is 30.4 Å². The quantitative estimate of drug-likeness (QED) is 0.850. The molecule has 5 heteroatoms.